The van der Waals surface area contributed by atoms with Crippen LogP contribution in [-0.4, -0.2) is 13.7 Å². The van der Waals surface area contributed by atoms with Gasteiger partial charge in [-0.1, -0.05) is 23.7 Å². The van der Waals surface area contributed by atoms with Crippen LogP contribution < -0.4 is 15.2 Å². The molecule has 0 amide bonds. The Balaban J connectivity index is 2.20. The van der Waals surface area contributed by atoms with Gasteiger partial charge in [-0.15, -0.1) is 11.3 Å². The molecule has 1 aromatic heterocycles. The molecule has 1 unspecified atom stereocenters. The molecular formula is C13H14ClNO2S. The van der Waals surface area contributed by atoms with Gasteiger partial charge in [-0.05, 0) is 24.3 Å². The molecule has 1 atom stereocenters. The van der Waals surface area contributed by atoms with Crippen molar-refractivity contribution in [2.24, 2.45) is 5.73 Å². The molecule has 0 saturated heterocycles. The first-order valence-electron chi connectivity index (χ1n) is 5.49. The minimum atomic E-state index is -0.209. The van der Waals surface area contributed by atoms with Gasteiger partial charge in [0, 0.05) is 11.4 Å². The molecule has 18 heavy (non-hydrogen) atoms. The van der Waals surface area contributed by atoms with Crippen molar-refractivity contribution in [2.75, 3.05) is 13.7 Å². The SMILES string of the molecule is COc1ccccc1OC(CN)c1ccc(Cl)s1. The van der Waals surface area contributed by atoms with E-state index < -0.39 is 0 Å². The van der Waals surface area contributed by atoms with Crippen LogP contribution in [0.5, 0.6) is 11.5 Å². The topological polar surface area (TPSA) is 44.5 Å². The summed E-state index contributed by atoms with van der Waals surface area (Å²) in [4.78, 5) is 1.01. The summed E-state index contributed by atoms with van der Waals surface area (Å²) in [7, 11) is 1.61. The van der Waals surface area contributed by atoms with Crippen LogP contribution in [0.25, 0.3) is 0 Å². The molecule has 0 radical (unpaired) electrons. The lowest BCUT2D eigenvalue weighted by Gasteiger charge is -2.17. The molecule has 96 valence electrons. The molecule has 0 aliphatic heterocycles. The largest absolute Gasteiger partial charge is 0.493 e. The van der Waals surface area contributed by atoms with E-state index in [9.17, 15) is 0 Å². The van der Waals surface area contributed by atoms with Crippen molar-refractivity contribution >= 4 is 22.9 Å². The zero-order chi connectivity index (χ0) is 13.0. The third-order valence-corrected chi connectivity index (χ3v) is 3.79. The minimum absolute atomic E-state index is 0.209. The first-order chi connectivity index (χ1) is 8.74. The Morgan fingerprint density at radius 2 is 1.94 bits per heavy atom. The lowest BCUT2D eigenvalue weighted by atomic mass is 10.2. The number of thiophene rings is 1. The average Bonchev–Trinajstić information content (AvgIpc) is 2.83. The molecule has 0 saturated carbocycles. The van der Waals surface area contributed by atoms with Crippen LogP contribution in [0.2, 0.25) is 4.34 Å². The lowest BCUT2D eigenvalue weighted by Crippen LogP contribution is -2.17. The van der Waals surface area contributed by atoms with Crippen molar-refractivity contribution in [1.29, 1.82) is 0 Å². The number of ether oxygens (including phenoxy) is 2. The standard InChI is InChI=1S/C13H14ClNO2S/c1-16-9-4-2-3-5-10(9)17-11(8-15)12-6-7-13(14)18-12/h2-7,11H,8,15H2,1H3. The van der Waals surface area contributed by atoms with E-state index in [4.69, 9.17) is 26.8 Å². The zero-order valence-electron chi connectivity index (χ0n) is 9.93. The van der Waals surface area contributed by atoms with Crippen LogP contribution in [0.15, 0.2) is 36.4 Å². The molecule has 0 fully saturated rings. The number of nitrogens with two attached hydrogens (primary N) is 1. The average molecular weight is 284 g/mol. The highest BCUT2D eigenvalue weighted by molar-refractivity contribution is 7.16. The summed E-state index contributed by atoms with van der Waals surface area (Å²) in [6, 6.07) is 11.3. The second-order valence-electron chi connectivity index (χ2n) is 3.63. The Morgan fingerprint density at radius 3 is 2.50 bits per heavy atom. The lowest BCUT2D eigenvalue weighted by molar-refractivity contribution is 0.208. The number of hydrogen-bond donors (Lipinski definition) is 1. The van der Waals surface area contributed by atoms with Gasteiger partial charge < -0.3 is 15.2 Å². The van der Waals surface area contributed by atoms with E-state index in [-0.39, 0.29) is 6.10 Å². The van der Waals surface area contributed by atoms with Gasteiger partial charge in [0.15, 0.2) is 11.5 Å². The van der Waals surface area contributed by atoms with Crippen LogP contribution in [-0.2, 0) is 0 Å². The number of hydrogen-bond acceptors (Lipinski definition) is 4. The third-order valence-electron chi connectivity index (χ3n) is 2.46. The normalized spacial score (nSPS) is 12.2. The smallest absolute Gasteiger partial charge is 0.162 e. The summed E-state index contributed by atoms with van der Waals surface area (Å²) in [5, 5.41) is 0. The fraction of sp³-hybridized carbons (Fsp3) is 0.231. The van der Waals surface area contributed by atoms with Crippen molar-refractivity contribution in [3.8, 4) is 11.5 Å². The maximum Gasteiger partial charge on any atom is 0.162 e. The molecule has 2 rings (SSSR count). The van der Waals surface area contributed by atoms with Crippen LogP contribution in [0.3, 0.4) is 0 Å². The Hall–Kier alpha value is -1.23. The predicted molar refractivity (Wildman–Crippen MR) is 74.7 cm³/mol. The second kappa shape index (κ2) is 6.09. The maximum atomic E-state index is 5.92. The van der Waals surface area contributed by atoms with Crippen molar-refractivity contribution in [2.45, 2.75) is 6.10 Å². The van der Waals surface area contributed by atoms with Crippen molar-refractivity contribution in [3.63, 3.8) is 0 Å². The summed E-state index contributed by atoms with van der Waals surface area (Å²) in [5.74, 6) is 1.37. The van der Waals surface area contributed by atoms with E-state index in [1.165, 1.54) is 11.3 Å². The molecule has 0 aliphatic carbocycles. The van der Waals surface area contributed by atoms with E-state index in [1.807, 2.05) is 36.4 Å². The predicted octanol–water partition coefficient (Wildman–Crippen LogP) is 3.49. The van der Waals surface area contributed by atoms with Gasteiger partial charge in [-0.3, -0.25) is 0 Å². The van der Waals surface area contributed by atoms with Crippen LogP contribution in [0.1, 0.15) is 11.0 Å². The van der Waals surface area contributed by atoms with Crippen molar-refractivity contribution < 1.29 is 9.47 Å². The maximum absolute atomic E-state index is 5.92. The van der Waals surface area contributed by atoms with E-state index >= 15 is 0 Å². The highest BCUT2D eigenvalue weighted by Crippen LogP contribution is 2.33. The Kier molecular flexibility index (Phi) is 4.47. The molecular weight excluding hydrogens is 270 g/mol. The molecule has 0 spiro atoms. The number of halogens is 1. The monoisotopic (exact) mass is 283 g/mol. The van der Waals surface area contributed by atoms with Crippen LogP contribution in [0.4, 0.5) is 0 Å². The highest BCUT2D eigenvalue weighted by atomic mass is 35.5. The first-order valence-corrected chi connectivity index (χ1v) is 6.69. The number of methoxy groups -OCH3 is 1. The van der Waals surface area contributed by atoms with Gasteiger partial charge in [-0.2, -0.15) is 0 Å². The molecule has 0 bridgehead atoms. The number of rotatable bonds is 5. The molecule has 2 N–H and O–H groups in total. The number of para-hydroxylation sites is 2. The van der Waals surface area contributed by atoms with E-state index in [2.05, 4.69) is 0 Å². The summed E-state index contributed by atoms with van der Waals surface area (Å²) in [5.41, 5.74) is 5.75. The fourth-order valence-corrected chi connectivity index (χ4v) is 2.70. The van der Waals surface area contributed by atoms with Gasteiger partial charge in [0.25, 0.3) is 0 Å². The van der Waals surface area contributed by atoms with Crippen LogP contribution >= 0.6 is 22.9 Å². The van der Waals surface area contributed by atoms with Crippen molar-refractivity contribution in [1.82, 2.24) is 0 Å². The quantitative estimate of drug-likeness (QED) is 0.913. The Bertz CT molecular complexity index is 515. The third kappa shape index (κ3) is 2.96. The Morgan fingerprint density at radius 1 is 1.22 bits per heavy atom. The van der Waals surface area contributed by atoms with Gasteiger partial charge >= 0.3 is 0 Å². The molecule has 1 heterocycles. The molecule has 0 aliphatic rings. The summed E-state index contributed by atoms with van der Waals surface area (Å²) < 4.78 is 11.9. The van der Waals surface area contributed by atoms with Crippen LogP contribution in [0, 0.1) is 0 Å². The molecule has 2 aromatic rings. The molecule has 5 heteroatoms. The van der Waals surface area contributed by atoms with E-state index in [0.29, 0.717) is 18.0 Å². The van der Waals surface area contributed by atoms with Crippen molar-refractivity contribution in [3.05, 3.63) is 45.6 Å². The first kappa shape index (κ1) is 13.2. The van der Waals surface area contributed by atoms with E-state index in [1.54, 1.807) is 7.11 Å². The summed E-state index contributed by atoms with van der Waals surface area (Å²) in [6.45, 7) is 0.384. The Labute approximate surface area is 115 Å². The highest BCUT2D eigenvalue weighted by Gasteiger charge is 2.15. The zero-order valence-corrected chi connectivity index (χ0v) is 11.5. The van der Waals surface area contributed by atoms with E-state index in [0.717, 1.165) is 9.21 Å². The molecule has 3 nitrogen and oxygen atoms in total. The summed E-state index contributed by atoms with van der Waals surface area (Å²) in [6.07, 6.45) is -0.209. The summed E-state index contributed by atoms with van der Waals surface area (Å²) >= 11 is 7.39. The fourth-order valence-electron chi connectivity index (χ4n) is 1.59. The molecule has 1 aromatic carbocycles. The van der Waals surface area contributed by atoms with Gasteiger partial charge in [-0.25, -0.2) is 0 Å². The van der Waals surface area contributed by atoms with Gasteiger partial charge in [0.2, 0.25) is 0 Å². The second-order valence-corrected chi connectivity index (χ2v) is 5.38. The number of benzene rings is 1. The van der Waals surface area contributed by atoms with Gasteiger partial charge in [0.1, 0.15) is 6.10 Å². The minimum Gasteiger partial charge on any atom is -0.493 e. The van der Waals surface area contributed by atoms with Gasteiger partial charge in [0.05, 0.1) is 11.4 Å².